The number of allylic oxidation sites excluding steroid dienone is 2. The van der Waals surface area contributed by atoms with Crippen molar-refractivity contribution in [2.45, 2.75) is 51.5 Å². The number of amides is 2. The highest BCUT2D eigenvalue weighted by molar-refractivity contribution is 6.10. The van der Waals surface area contributed by atoms with Crippen molar-refractivity contribution in [3.8, 4) is 0 Å². The standard InChI is InChI=1S/C27H35FN6O2/c1-18(2)21(16-22(29)19-6-8-20(28)9-7-19)24-31-17-23(32-24)25(35)33-12-14-34(15-13-33)26(36)27(30)10-4-3-5-11-27/h6-9,16-18,29H,3-5,10-15,30H2,1-2H3,(H,31,32)/b21-16-,29-22?. The number of piperazine rings is 1. The Morgan fingerprint density at radius 1 is 1.08 bits per heavy atom. The summed E-state index contributed by atoms with van der Waals surface area (Å²) >= 11 is 0. The summed E-state index contributed by atoms with van der Waals surface area (Å²) in [7, 11) is 0. The van der Waals surface area contributed by atoms with Crippen molar-refractivity contribution in [2.24, 2.45) is 11.7 Å². The molecule has 4 N–H and O–H groups in total. The fourth-order valence-corrected chi connectivity index (χ4v) is 4.95. The summed E-state index contributed by atoms with van der Waals surface area (Å²) in [4.78, 5) is 37.2. The number of aromatic amines is 1. The van der Waals surface area contributed by atoms with Gasteiger partial charge in [0, 0.05) is 26.2 Å². The molecular formula is C27H35FN6O2. The molecular weight excluding hydrogens is 459 g/mol. The number of nitrogens with one attached hydrogen (secondary N) is 2. The fourth-order valence-electron chi connectivity index (χ4n) is 4.95. The third kappa shape index (κ3) is 5.56. The lowest BCUT2D eigenvalue weighted by Crippen LogP contribution is -2.60. The molecule has 1 aromatic heterocycles. The first-order valence-electron chi connectivity index (χ1n) is 12.7. The third-order valence-electron chi connectivity index (χ3n) is 7.18. The summed E-state index contributed by atoms with van der Waals surface area (Å²) in [6, 6.07) is 5.78. The second-order valence-electron chi connectivity index (χ2n) is 10.1. The van der Waals surface area contributed by atoms with Crippen LogP contribution in [0.25, 0.3) is 5.57 Å². The van der Waals surface area contributed by atoms with Crippen LogP contribution in [-0.2, 0) is 4.79 Å². The molecule has 2 heterocycles. The van der Waals surface area contributed by atoms with Crippen molar-refractivity contribution >= 4 is 23.1 Å². The highest BCUT2D eigenvalue weighted by atomic mass is 19.1. The molecule has 1 aliphatic heterocycles. The molecule has 8 nitrogen and oxygen atoms in total. The maximum Gasteiger partial charge on any atom is 0.272 e. The van der Waals surface area contributed by atoms with E-state index in [1.165, 1.54) is 18.3 Å². The number of rotatable bonds is 6. The van der Waals surface area contributed by atoms with E-state index in [1.807, 2.05) is 13.8 Å². The van der Waals surface area contributed by atoms with Gasteiger partial charge in [0.15, 0.2) is 0 Å². The van der Waals surface area contributed by atoms with Crippen molar-refractivity contribution < 1.29 is 14.0 Å². The van der Waals surface area contributed by atoms with Gasteiger partial charge in [-0.3, -0.25) is 9.59 Å². The molecule has 1 saturated heterocycles. The first-order valence-corrected chi connectivity index (χ1v) is 12.7. The molecule has 0 spiro atoms. The molecule has 2 aliphatic rings. The topological polar surface area (TPSA) is 119 Å². The number of benzene rings is 1. The summed E-state index contributed by atoms with van der Waals surface area (Å²) in [6.07, 6.45) is 7.77. The predicted octanol–water partition coefficient (Wildman–Crippen LogP) is 3.60. The number of aromatic nitrogens is 2. The fraction of sp³-hybridized carbons (Fsp3) is 0.481. The van der Waals surface area contributed by atoms with Gasteiger partial charge in [0.2, 0.25) is 5.91 Å². The molecule has 0 bridgehead atoms. The van der Waals surface area contributed by atoms with Crippen molar-refractivity contribution in [3.05, 3.63) is 59.4 Å². The van der Waals surface area contributed by atoms with Gasteiger partial charge >= 0.3 is 0 Å². The van der Waals surface area contributed by atoms with Gasteiger partial charge in [-0.2, -0.15) is 0 Å². The van der Waals surface area contributed by atoms with Crippen LogP contribution < -0.4 is 5.73 Å². The minimum atomic E-state index is -0.760. The van der Waals surface area contributed by atoms with Crippen LogP contribution >= 0.6 is 0 Å². The lowest BCUT2D eigenvalue weighted by atomic mass is 9.81. The number of nitrogens with two attached hydrogens (primary N) is 1. The number of nitrogens with zero attached hydrogens (tertiary/aromatic N) is 3. The summed E-state index contributed by atoms with van der Waals surface area (Å²) in [5, 5.41) is 8.41. The molecule has 4 rings (SSSR count). The van der Waals surface area contributed by atoms with Gasteiger partial charge in [0.25, 0.3) is 5.91 Å². The minimum absolute atomic E-state index is 0.00782. The summed E-state index contributed by atoms with van der Waals surface area (Å²) in [5.74, 6) is 0.0517. The summed E-state index contributed by atoms with van der Waals surface area (Å²) in [6.45, 7) is 5.79. The van der Waals surface area contributed by atoms with E-state index >= 15 is 0 Å². The van der Waals surface area contributed by atoms with Crippen LogP contribution in [0.3, 0.4) is 0 Å². The van der Waals surface area contributed by atoms with Gasteiger partial charge < -0.3 is 25.9 Å². The van der Waals surface area contributed by atoms with Crippen molar-refractivity contribution in [1.82, 2.24) is 19.8 Å². The zero-order valence-electron chi connectivity index (χ0n) is 21.0. The first-order chi connectivity index (χ1) is 17.2. The van der Waals surface area contributed by atoms with Crippen molar-refractivity contribution in [3.63, 3.8) is 0 Å². The van der Waals surface area contributed by atoms with Gasteiger partial charge in [-0.25, -0.2) is 9.37 Å². The maximum atomic E-state index is 13.2. The number of hydrogen-bond donors (Lipinski definition) is 3. The number of carbonyl (C=O) groups is 2. The molecule has 2 fully saturated rings. The van der Waals surface area contributed by atoms with Gasteiger partial charge in [0.05, 0.1) is 17.4 Å². The van der Waals surface area contributed by atoms with Crippen molar-refractivity contribution in [2.75, 3.05) is 26.2 Å². The Kier molecular flexibility index (Phi) is 7.68. The largest absolute Gasteiger partial charge is 0.338 e. The second kappa shape index (κ2) is 10.7. The highest BCUT2D eigenvalue weighted by Crippen LogP contribution is 2.28. The van der Waals surface area contributed by atoms with E-state index in [9.17, 15) is 14.0 Å². The Balaban J connectivity index is 1.41. The molecule has 9 heteroatoms. The molecule has 1 aromatic carbocycles. The Bertz CT molecular complexity index is 1140. The number of H-pyrrole nitrogens is 1. The lowest BCUT2D eigenvalue weighted by Gasteiger charge is -2.40. The predicted molar refractivity (Wildman–Crippen MR) is 137 cm³/mol. The SMILES string of the molecule is CC(C)/C(=C/C(=N)c1ccc(F)cc1)c1ncc(C(=O)N2CCN(C(=O)C3(N)CCCCC3)CC2)[nH]1. The first kappa shape index (κ1) is 25.8. The van der Waals surface area contributed by atoms with E-state index in [4.69, 9.17) is 11.1 Å². The Morgan fingerprint density at radius 2 is 1.69 bits per heavy atom. The lowest BCUT2D eigenvalue weighted by molar-refractivity contribution is -0.139. The zero-order valence-corrected chi connectivity index (χ0v) is 21.0. The summed E-state index contributed by atoms with van der Waals surface area (Å²) < 4.78 is 13.2. The second-order valence-corrected chi connectivity index (χ2v) is 10.1. The monoisotopic (exact) mass is 494 g/mol. The van der Waals surface area contributed by atoms with E-state index in [0.29, 0.717) is 43.3 Å². The number of halogens is 1. The zero-order chi connectivity index (χ0) is 25.9. The van der Waals surface area contributed by atoms with Gasteiger partial charge in [-0.1, -0.05) is 33.1 Å². The maximum absolute atomic E-state index is 13.2. The van der Waals surface area contributed by atoms with Crippen LogP contribution in [0.2, 0.25) is 0 Å². The van der Waals surface area contributed by atoms with Gasteiger partial charge in [-0.05, 0) is 60.2 Å². The number of hydrogen-bond acceptors (Lipinski definition) is 5. The number of carbonyl (C=O) groups excluding carboxylic acids is 2. The number of imidazole rings is 1. The molecule has 0 atom stereocenters. The molecule has 192 valence electrons. The minimum Gasteiger partial charge on any atom is -0.338 e. The van der Waals surface area contributed by atoms with E-state index < -0.39 is 5.54 Å². The van der Waals surface area contributed by atoms with Gasteiger partial charge in [-0.15, -0.1) is 0 Å². The molecule has 2 amide bonds. The average molecular weight is 495 g/mol. The molecule has 0 radical (unpaired) electrons. The molecule has 1 aliphatic carbocycles. The Hall–Kier alpha value is -3.33. The molecule has 36 heavy (non-hydrogen) atoms. The molecule has 1 saturated carbocycles. The van der Waals surface area contributed by atoms with Crippen LogP contribution in [0.15, 0.2) is 36.5 Å². The highest BCUT2D eigenvalue weighted by Gasteiger charge is 2.39. The van der Waals surface area contributed by atoms with E-state index in [0.717, 1.165) is 37.7 Å². The normalized spacial score (nSPS) is 18.4. The smallest absolute Gasteiger partial charge is 0.272 e. The van der Waals surface area contributed by atoms with E-state index in [2.05, 4.69) is 9.97 Å². The Morgan fingerprint density at radius 3 is 2.31 bits per heavy atom. The molecule has 2 aromatic rings. The van der Waals surface area contributed by atoms with Gasteiger partial charge in [0.1, 0.15) is 17.3 Å². The average Bonchev–Trinajstić information content (AvgIpc) is 3.37. The van der Waals surface area contributed by atoms with Crippen molar-refractivity contribution in [1.29, 1.82) is 5.41 Å². The van der Waals surface area contributed by atoms with Crippen LogP contribution in [0.4, 0.5) is 4.39 Å². The van der Waals surface area contributed by atoms with Crippen LogP contribution in [0.1, 0.15) is 67.8 Å². The van der Waals surface area contributed by atoms with E-state index in [-0.39, 0.29) is 29.3 Å². The quantitative estimate of drug-likeness (QED) is 0.532. The Labute approximate surface area is 211 Å². The van der Waals surface area contributed by atoms with Crippen LogP contribution in [0.5, 0.6) is 0 Å². The molecule has 0 unspecified atom stereocenters. The third-order valence-corrected chi connectivity index (χ3v) is 7.18. The van der Waals surface area contributed by atoms with Crippen LogP contribution in [-0.4, -0.2) is 69.0 Å². The summed E-state index contributed by atoms with van der Waals surface area (Å²) in [5.41, 5.74) is 7.65. The van der Waals surface area contributed by atoms with Crippen LogP contribution in [0, 0.1) is 17.1 Å². The van der Waals surface area contributed by atoms with E-state index in [1.54, 1.807) is 28.0 Å².